The molecule has 2 aliphatic carbocycles. The predicted molar refractivity (Wildman–Crippen MR) is 90.2 cm³/mol. The highest BCUT2D eigenvalue weighted by atomic mass is 32.2. The fourth-order valence-electron chi connectivity index (χ4n) is 5.03. The van der Waals surface area contributed by atoms with E-state index < -0.39 is 56.6 Å². The van der Waals surface area contributed by atoms with Crippen LogP contribution in [-0.2, 0) is 16.2 Å². The molecule has 0 amide bonds. The topological polar surface area (TPSA) is 130 Å². The van der Waals surface area contributed by atoms with Gasteiger partial charge in [0.1, 0.15) is 0 Å². The molecule has 0 aromatic heterocycles. The molecule has 1 heterocycles. The van der Waals surface area contributed by atoms with Crippen LogP contribution >= 0.6 is 0 Å². The Morgan fingerprint density at radius 1 is 1.32 bits per heavy atom. The quantitative estimate of drug-likeness (QED) is 0.453. The van der Waals surface area contributed by atoms with E-state index >= 15 is 0 Å². The Kier molecular flexibility index (Phi) is 4.05. The first-order chi connectivity index (χ1) is 13.1. The molecule has 6 atom stereocenters. The number of aliphatic hydroxyl groups is 1. The van der Waals surface area contributed by atoms with Gasteiger partial charge in [-0.15, -0.1) is 0 Å². The summed E-state index contributed by atoms with van der Waals surface area (Å²) in [6.45, 7) is -0.0540. The zero-order valence-electron chi connectivity index (χ0n) is 14.2. The van der Waals surface area contributed by atoms with Crippen molar-refractivity contribution in [1.29, 1.82) is 5.26 Å². The standard InChI is InChI=1S/C16H14F3N5O3S/c17-16(18,19)12-3-8(2-1-7(12)5-20)24-6-11-9-4-10(15(11)28(24,26)27)14(25)13(9)22-23-21/h1-3,9-11,13-15,25H,4,6H2/t9-,10-,11-,13?,14+,15+/m1/s1. The Hall–Kier alpha value is -2.48. The molecule has 1 aromatic carbocycles. The van der Waals surface area contributed by atoms with Gasteiger partial charge in [-0.2, -0.15) is 18.4 Å². The molecular formula is C16H14F3N5O3S. The largest absolute Gasteiger partial charge is 0.417 e. The predicted octanol–water partition coefficient (Wildman–Crippen LogP) is 2.40. The van der Waals surface area contributed by atoms with Gasteiger partial charge in [0.25, 0.3) is 0 Å². The van der Waals surface area contributed by atoms with Crippen LogP contribution in [0.1, 0.15) is 17.5 Å². The third-order valence-electron chi connectivity index (χ3n) is 6.10. The van der Waals surface area contributed by atoms with E-state index in [2.05, 4.69) is 10.0 Å². The van der Waals surface area contributed by atoms with Crippen LogP contribution in [0.5, 0.6) is 0 Å². The molecule has 28 heavy (non-hydrogen) atoms. The number of aliphatic hydroxyl groups excluding tert-OH is 1. The van der Waals surface area contributed by atoms with E-state index in [4.69, 9.17) is 10.8 Å². The number of nitriles is 1. The average Bonchev–Trinajstić information content (AvgIpc) is 3.23. The molecular weight excluding hydrogens is 399 g/mol. The van der Waals surface area contributed by atoms with E-state index in [-0.39, 0.29) is 18.2 Å². The molecule has 3 aliphatic rings. The van der Waals surface area contributed by atoms with Gasteiger partial charge < -0.3 is 5.11 Å². The number of halogens is 3. The highest BCUT2D eigenvalue weighted by molar-refractivity contribution is 7.93. The van der Waals surface area contributed by atoms with Gasteiger partial charge in [-0.05, 0) is 42.0 Å². The lowest BCUT2D eigenvalue weighted by atomic mass is 9.83. The van der Waals surface area contributed by atoms with Crippen molar-refractivity contribution in [3.05, 3.63) is 39.8 Å². The van der Waals surface area contributed by atoms with Gasteiger partial charge in [0.05, 0.1) is 40.3 Å². The normalized spacial score (nSPS) is 35.3. The monoisotopic (exact) mass is 413 g/mol. The summed E-state index contributed by atoms with van der Waals surface area (Å²) in [5, 5.41) is 21.9. The molecule has 1 aliphatic heterocycles. The van der Waals surface area contributed by atoms with Crippen LogP contribution in [-0.4, -0.2) is 37.5 Å². The van der Waals surface area contributed by atoms with Crippen molar-refractivity contribution in [3.63, 3.8) is 0 Å². The van der Waals surface area contributed by atoms with Gasteiger partial charge in [-0.1, -0.05) is 5.11 Å². The van der Waals surface area contributed by atoms with Gasteiger partial charge in [-0.3, -0.25) is 4.31 Å². The summed E-state index contributed by atoms with van der Waals surface area (Å²) in [7, 11) is -4.01. The summed E-state index contributed by atoms with van der Waals surface area (Å²) in [5.41, 5.74) is 6.73. The SMILES string of the molecule is N#Cc1ccc(N2C[C@H]3[C@H]([C@@H]4C[C@H]3C(N=[N+]=[N-])[C@H]4O)S2(=O)=O)cc1C(F)(F)F. The molecule has 8 nitrogen and oxygen atoms in total. The molecule has 1 N–H and O–H groups in total. The second-order valence-electron chi connectivity index (χ2n) is 7.29. The zero-order chi connectivity index (χ0) is 20.4. The number of rotatable bonds is 2. The minimum absolute atomic E-state index is 0.0540. The van der Waals surface area contributed by atoms with E-state index in [9.17, 15) is 26.7 Å². The van der Waals surface area contributed by atoms with Crippen LogP contribution in [0.4, 0.5) is 18.9 Å². The van der Waals surface area contributed by atoms with Crippen molar-refractivity contribution in [2.24, 2.45) is 22.9 Å². The fraction of sp³-hybridized carbons (Fsp3) is 0.562. The van der Waals surface area contributed by atoms with E-state index in [1.807, 2.05) is 0 Å². The van der Waals surface area contributed by atoms with Crippen LogP contribution < -0.4 is 4.31 Å². The molecule has 148 valence electrons. The molecule has 3 fully saturated rings. The molecule has 1 saturated heterocycles. The summed E-state index contributed by atoms with van der Waals surface area (Å²) < 4.78 is 66.8. The van der Waals surface area contributed by atoms with Gasteiger partial charge in [0.2, 0.25) is 10.0 Å². The Morgan fingerprint density at radius 2 is 2.04 bits per heavy atom. The highest BCUT2D eigenvalue weighted by Crippen LogP contribution is 2.57. The molecule has 1 unspecified atom stereocenters. The van der Waals surface area contributed by atoms with Crippen molar-refractivity contribution in [2.75, 3.05) is 10.8 Å². The summed E-state index contributed by atoms with van der Waals surface area (Å²) >= 11 is 0. The molecule has 12 heteroatoms. The number of hydrogen-bond acceptors (Lipinski definition) is 5. The van der Waals surface area contributed by atoms with Gasteiger partial charge in [0.15, 0.2) is 0 Å². The number of sulfonamides is 1. The lowest BCUT2D eigenvalue weighted by molar-refractivity contribution is -0.137. The Balaban J connectivity index is 1.75. The van der Waals surface area contributed by atoms with Crippen molar-refractivity contribution in [2.45, 2.75) is 30.0 Å². The van der Waals surface area contributed by atoms with E-state index in [1.165, 1.54) is 12.1 Å². The first kappa shape index (κ1) is 18.9. The first-order valence-corrected chi connectivity index (χ1v) is 9.96. The van der Waals surface area contributed by atoms with Gasteiger partial charge in [0, 0.05) is 17.4 Å². The average molecular weight is 413 g/mol. The Labute approximate surface area is 157 Å². The summed E-state index contributed by atoms with van der Waals surface area (Å²) in [6, 6.07) is 3.52. The van der Waals surface area contributed by atoms with Crippen molar-refractivity contribution < 1.29 is 26.7 Å². The highest BCUT2D eigenvalue weighted by Gasteiger charge is 2.66. The number of azide groups is 1. The minimum atomic E-state index is -4.80. The second kappa shape index (κ2) is 6.01. The van der Waals surface area contributed by atoms with E-state index in [1.54, 1.807) is 0 Å². The number of nitrogens with zero attached hydrogens (tertiary/aromatic N) is 5. The lowest BCUT2D eigenvalue weighted by Gasteiger charge is -2.30. The molecule has 0 spiro atoms. The van der Waals surface area contributed by atoms with Gasteiger partial charge >= 0.3 is 6.18 Å². The van der Waals surface area contributed by atoms with Crippen LogP contribution in [0.3, 0.4) is 0 Å². The Bertz CT molecular complexity index is 1030. The van der Waals surface area contributed by atoms with Crippen molar-refractivity contribution in [3.8, 4) is 6.07 Å². The molecule has 0 radical (unpaired) electrons. The summed E-state index contributed by atoms with van der Waals surface area (Å²) in [4.78, 5) is 2.72. The van der Waals surface area contributed by atoms with E-state index in [0.717, 1.165) is 10.4 Å². The van der Waals surface area contributed by atoms with Crippen LogP contribution in [0, 0.1) is 29.1 Å². The maximum absolute atomic E-state index is 13.2. The van der Waals surface area contributed by atoms with E-state index in [0.29, 0.717) is 12.5 Å². The van der Waals surface area contributed by atoms with Crippen LogP contribution in [0.25, 0.3) is 10.4 Å². The molecule has 1 aromatic rings. The maximum Gasteiger partial charge on any atom is 0.417 e. The maximum atomic E-state index is 13.2. The third kappa shape index (κ3) is 2.47. The third-order valence-corrected chi connectivity index (χ3v) is 8.46. The van der Waals surface area contributed by atoms with Gasteiger partial charge in [-0.25, -0.2) is 8.42 Å². The summed E-state index contributed by atoms with van der Waals surface area (Å²) in [5.74, 6) is -1.42. The molecule has 4 rings (SSSR count). The Morgan fingerprint density at radius 3 is 2.64 bits per heavy atom. The summed E-state index contributed by atoms with van der Waals surface area (Å²) in [6.07, 6.45) is -5.50. The van der Waals surface area contributed by atoms with Crippen LogP contribution in [0.2, 0.25) is 0 Å². The number of benzene rings is 1. The smallest absolute Gasteiger partial charge is 0.392 e. The first-order valence-electron chi connectivity index (χ1n) is 8.46. The fourth-order valence-corrected chi connectivity index (χ4v) is 7.55. The number of fused-ring (bicyclic) bond motifs is 5. The second-order valence-corrected chi connectivity index (χ2v) is 9.31. The molecule has 2 saturated carbocycles. The number of hydrogen-bond donors (Lipinski definition) is 1. The minimum Gasteiger partial charge on any atom is -0.392 e. The lowest BCUT2D eigenvalue weighted by Crippen LogP contribution is -2.44. The van der Waals surface area contributed by atoms with Crippen molar-refractivity contribution >= 4 is 15.7 Å². The number of alkyl halides is 3. The zero-order valence-corrected chi connectivity index (χ0v) is 15.0. The number of anilines is 1. The molecule has 2 bridgehead atoms. The van der Waals surface area contributed by atoms with Crippen LogP contribution in [0.15, 0.2) is 23.3 Å². The van der Waals surface area contributed by atoms with Crippen molar-refractivity contribution in [1.82, 2.24) is 0 Å².